The number of hydrogen-bond acceptors (Lipinski definition) is 6. The van der Waals surface area contributed by atoms with Crippen molar-refractivity contribution in [2.75, 3.05) is 7.11 Å². The number of esters is 1. The summed E-state index contributed by atoms with van der Waals surface area (Å²) in [5.41, 5.74) is 3.87. The van der Waals surface area contributed by atoms with Crippen LogP contribution in [0.5, 0.6) is 5.75 Å². The maximum Gasteiger partial charge on any atom is 0.311 e. The summed E-state index contributed by atoms with van der Waals surface area (Å²) in [4.78, 5) is 12.4. The van der Waals surface area contributed by atoms with E-state index < -0.39 is 6.10 Å². The lowest BCUT2D eigenvalue weighted by Gasteiger charge is -2.10. The third-order valence-electron chi connectivity index (χ3n) is 4.84. The first-order valence-electron chi connectivity index (χ1n) is 9.94. The highest BCUT2D eigenvalue weighted by molar-refractivity contribution is 5.73. The van der Waals surface area contributed by atoms with E-state index in [1.807, 2.05) is 66.7 Å². The van der Waals surface area contributed by atoms with E-state index in [9.17, 15) is 4.79 Å². The Morgan fingerprint density at radius 3 is 2.19 bits per heavy atom. The number of nitrogens with zero attached hydrogens (tertiary/aromatic N) is 2. The molecule has 0 radical (unpaired) electrons. The van der Waals surface area contributed by atoms with Gasteiger partial charge in [0.05, 0.1) is 13.5 Å². The third-order valence-corrected chi connectivity index (χ3v) is 4.84. The van der Waals surface area contributed by atoms with Crippen LogP contribution in [0.25, 0.3) is 22.6 Å². The molecule has 4 aromatic rings. The van der Waals surface area contributed by atoms with Gasteiger partial charge in [0.2, 0.25) is 5.89 Å². The molecular weight excluding hydrogens is 392 g/mol. The van der Waals surface area contributed by atoms with Crippen LogP contribution in [-0.2, 0) is 16.0 Å². The SMILES string of the molecule is COc1ccc(-c2nnc([C@H](C)OC(=O)Cc3ccc(-c4ccccc4)cc3)o2)cc1. The van der Waals surface area contributed by atoms with Gasteiger partial charge in [-0.3, -0.25) is 4.79 Å². The minimum atomic E-state index is -0.643. The number of methoxy groups -OCH3 is 1. The van der Waals surface area contributed by atoms with Crippen molar-refractivity contribution in [3.63, 3.8) is 0 Å². The highest BCUT2D eigenvalue weighted by atomic mass is 16.6. The largest absolute Gasteiger partial charge is 0.497 e. The first kappa shape index (κ1) is 20.3. The van der Waals surface area contributed by atoms with E-state index in [-0.39, 0.29) is 18.3 Å². The summed E-state index contributed by atoms with van der Waals surface area (Å²) in [6, 6.07) is 25.2. The molecule has 0 fully saturated rings. The van der Waals surface area contributed by atoms with Gasteiger partial charge in [-0.05, 0) is 47.9 Å². The van der Waals surface area contributed by atoms with Gasteiger partial charge in [-0.2, -0.15) is 0 Å². The van der Waals surface area contributed by atoms with Gasteiger partial charge in [-0.25, -0.2) is 0 Å². The third kappa shape index (κ3) is 4.98. The molecule has 1 atom stereocenters. The predicted molar refractivity (Wildman–Crippen MR) is 116 cm³/mol. The Bertz CT molecular complexity index is 1140. The second kappa shape index (κ2) is 9.26. The lowest BCUT2D eigenvalue weighted by Crippen LogP contribution is -2.11. The molecule has 0 spiro atoms. The normalized spacial score (nSPS) is 11.7. The molecule has 31 heavy (non-hydrogen) atoms. The number of rotatable bonds is 7. The number of carbonyl (C=O) groups excluding carboxylic acids is 1. The Kier molecular flexibility index (Phi) is 6.08. The molecule has 0 aliphatic heterocycles. The number of hydrogen-bond donors (Lipinski definition) is 0. The van der Waals surface area contributed by atoms with Gasteiger partial charge in [0.15, 0.2) is 6.10 Å². The lowest BCUT2D eigenvalue weighted by molar-refractivity contribution is -0.148. The zero-order chi connectivity index (χ0) is 21.6. The van der Waals surface area contributed by atoms with E-state index in [0.29, 0.717) is 5.89 Å². The highest BCUT2D eigenvalue weighted by Crippen LogP contribution is 2.25. The molecule has 0 bridgehead atoms. The summed E-state index contributed by atoms with van der Waals surface area (Å²) in [7, 11) is 1.60. The first-order valence-corrected chi connectivity index (χ1v) is 9.94. The van der Waals surface area contributed by atoms with Gasteiger partial charge < -0.3 is 13.9 Å². The van der Waals surface area contributed by atoms with Crippen LogP contribution in [0.15, 0.2) is 83.3 Å². The van der Waals surface area contributed by atoms with Crippen LogP contribution in [0.3, 0.4) is 0 Å². The lowest BCUT2D eigenvalue weighted by atomic mass is 10.0. The van der Waals surface area contributed by atoms with Gasteiger partial charge >= 0.3 is 5.97 Å². The summed E-state index contributed by atoms with van der Waals surface area (Å²) in [6.45, 7) is 1.71. The van der Waals surface area contributed by atoms with Gasteiger partial charge in [0.1, 0.15) is 5.75 Å². The zero-order valence-corrected chi connectivity index (χ0v) is 17.3. The zero-order valence-electron chi connectivity index (χ0n) is 17.3. The number of carbonyl (C=O) groups is 1. The molecule has 1 heterocycles. The Hall–Kier alpha value is -3.93. The summed E-state index contributed by atoms with van der Waals surface area (Å²) >= 11 is 0. The summed E-state index contributed by atoms with van der Waals surface area (Å²) in [5.74, 6) is 0.988. The number of benzene rings is 3. The van der Waals surface area contributed by atoms with Crippen molar-refractivity contribution in [1.82, 2.24) is 10.2 Å². The number of ether oxygens (including phenoxy) is 2. The molecule has 0 amide bonds. The van der Waals surface area contributed by atoms with Gasteiger partial charge in [0, 0.05) is 5.56 Å². The van der Waals surface area contributed by atoms with Gasteiger partial charge in [-0.15, -0.1) is 10.2 Å². The summed E-state index contributed by atoms with van der Waals surface area (Å²) in [6.07, 6.45) is -0.477. The molecule has 156 valence electrons. The van der Waals surface area contributed by atoms with Crippen molar-refractivity contribution < 1.29 is 18.7 Å². The van der Waals surface area contributed by atoms with Gasteiger partial charge in [0.25, 0.3) is 5.89 Å². The Balaban J connectivity index is 1.36. The quantitative estimate of drug-likeness (QED) is 0.384. The maximum atomic E-state index is 12.4. The van der Waals surface area contributed by atoms with E-state index in [1.54, 1.807) is 14.0 Å². The first-order chi connectivity index (χ1) is 15.1. The van der Waals surface area contributed by atoms with Crippen LogP contribution in [-0.4, -0.2) is 23.3 Å². The minimum Gasteiger partial charge on any atom is -0.497 e. The monoisotopic (exact) mass is 414 g/mol. The second-order valence-corrected chi connectivity index (χ2v) is 7.05. The maximum absolute atomic E-state index is 12.4. The second-order valence-electron chi connectivity index (χ2n) is 7.05. The van der Waals surface area contributed by atoms with Crippen LogP contribution >= 0.6 is 0 Å². The molecular formula is C25H22N2O4. The van der Waals surface area contributed by atoms with E-state index in [2.05, 4.69) is 22.3 Å². The topological polar surface area (TPSA) is 74.5 Å². The van der Waals surface area contributed by atoms with Crippen molar-refractivity contribution in [2.45, 2.75) is 19.4 Å². The average molecular weight is 414 g/mol. The summed E-state index contributed by atoms with van der Waals surface area (Å²) < 4.78 is 16.3. The van der Waals surface area contributed by atoms with E-state index >= 15 is 0 Å². The van der Waals surface area contributed by atoms with Crippen molar-refractivity contribution in [1.29, 1.82) is 0 Å². The molecule has 0 unspecified atom stereocenters. The highest BCUT2D eigenvalue weighted by Gasteiger charge is 2.19. The van der Waals surface area contributed by atoms with Crippen LogP contribution in [0.2, 0.25) is 0 Å². The molecule has 0 N–H and O–H groups in total. The van der Waals surface area contributed by atoms with Crippen molar-refractivity contribution >= 4 is 5.97 Å². The minimum absolute atomic E-state index is 0.166. The molecule has 0 saturated carbocycles. The average Bonchev–Trinajstić information content (AvgIpc) is 3.31. The smallest absolute Gasteiger partial charge is 0.311 e. The van der Waals surface area contributed by atoms with Crippen LogP contribution in [0.1, 0.15) is 24.5 Å². The Morgan fingerprint density at radius 2 is 1.52 bits per heavy atom. The fourth-order valence-corrected chi connectivity index (χ4v) is 3.15. The fourth-order valence-electron chi connectivity index (χ4n) is 3.15. The molecule has 0 saturated heterocycles. The standard InChI is InChI=1S/C25H22N2O4/c1-17(24-26-27-25(31-24)21-12-14-22(29-2)15-13-21)30-23(28)16-18-8-10-20(11-9-18)19-6-4-3-5-7-19/h3-15,17H,16H2,1-2H3/t17-/m0/s1. The van der Waals surface area contributed by atoms with E-state index in [0.717, 1.165) is 28.0 Å². The molecule has 1 aromatic heterocycles. The molecule has 4 rings (SSSR count). The molecule has 3 aromatic carbocycles. The molecule has 0 aliphatic rings. The van der Waals surface area contributed by atoms with Gasteiger partial charge in [-0.1, -0.05) is 54.6 Å². The summed E-state index contributed by atoms with van der Waals surface area (Å²) in [5, 5.41) is 8.06. The van der Waals surface area contributed by atoms with Crippen LogP contribution < -0.4 is 4.74 Å². The molecule has 6 nitrogen and oxygen atoms in total. The van der Waals surface area contributed by atoms with E-state index in [1.165, 1.54) is 0 Å². The Labute approximate surface area is 180 Å². The predicted octanol–water partition coefficient (Wildman–Crippen LogP) is 5.26. The molecule has 6 heteroatoms. The number of aromatic nitrogens is 2. The van der Waals surface area contributed by atoms with Crippen LogP contribution in [0.4, 0.5) is 0 Å². The van der Waals surface area contributed by atoms with Crippen molar-refractivity contribution in [3.8, 4) is 28.3 Å². The van der Waals surface area contributed by atoms with E-state index in [4.69, 9.17) is 13.9 Å². The van der Waals surface area contributed by atoms with Crippen LogP contribution in [0, 0.1) is 0 Å². The Morgan fingerprint density at radius 1 is 0.871 bits per heavy atom. The van der Waals surface area contributed by atoms with Crippen molar-refractivity contribution in [3.05, 3.63) is 90.3 Å². The fraction of sp³-hybridized carbons (Fsp3) is 0.160. The van der Waals surface area contributed by atoms with Crippen molar-refractivity contribution in [2.24, 2.45) is 0 Å². The molecule has 0 aliphatic carbocycles.